The molecule has 0 bridgehead atoms. The third kappa shape index (κ3) is 1.93. The first kappa shape index (κ1) is 13.3. The van der Waals surface area contributed by atoms with Gasteiger partial charge in [0, 0.05) is 11.6 Å². The van der Waals surface area contributed by atoms with Crippen molar-refractivity contribution in [1.29, 1.82) is 0 Å². The number of ether oxygens (including phenoxy) is 1. The molecule has 1 saturated carbocycles. The maximum absolute atomic E-state index is 14.3. The van der Waals surface area contributed by atoms with E-state index in [9.17, 15) is 13.6 Å². The standard InChI is InChI=1S/C15H15F2NO2/c16-11-8-12(17)13(14-10(11)4-3-7-20-14)15(18-9-19)5-1-2-6-15/h8H,1-7H2. The van der Waals surface area contributed by atoms with Gasteiger partial charge in [-0.2, -0.15) is 4.99 Å². The van der Waals surface area contributed by atoms with Crippen LogP contribution in [0.5, 0.6) is 5.75 Å². The van der Waals surface area contributed by atoms with Crippen LogP contribution in [0.3, 0.4) is 0 Å². The summed E-state index contributed by atoms with van der Waals surface area (Å²) in [5.41, 5.74) is -0.282. The molecule has 1 heterocycles. The van der Waals surface area contributed by atoms with Crippen LogP contribution in [0, 0.1) is 11.6 Å². The van der Waals surface area contributed by atoms with Gasteiger partial charge in [-0.05, 0) is 25.7 Å². The third-order valence-corrected chi connectivity index (χ3v) is 4.25. The maximum atomic E-state index is 14.3. The van der Waals surface area contributed by atoms with Crippen LogP contribution in [0.25, 0.3) is 0 Å². The van der Waals surface area contributed by atoms with E-state index in [2.05, 4.69) is 4.99 Å². The van der Waals surface area contributed by atoms with E-state index in [0.717, 1.165) is 18.9 Å². The molecule has 1 aliphatic carbocycles. The van der Waals surface area contributed by atoms with E-state index in [1.807, 2.05) is 0 Å². The van der Waals surface area contributed by atoms with E-state index >= 15 is 0 Å². The Morgan fingerprint density at radius 2 is 1.95 bits per heavy atom. The van der Waals surface area contributed by atoms with Crippen LogP contribution in [-0.4, -0.2) is 12.7 Å². The van der Waals surface area contributed by atoms with E-state index in [4.69, 9.17) is 4.74 Å². The molecule has 0 atom stereocenters. The fraction of sp³-hybridized carbons (Fsp3) is 0.533. The van der Waals surface area contributed by atoms with E-state index in [-0.39, 0.29) is 11.3 Å². The molecule has 20 heavy (non-hydrogen) atoms. The molecule has 1 aliphatic heterocycles. The molecule has 3 nitrogen and oxygen atoms in total. The van der Waals surface area contributed by atoms with Crippen molar-refractivity contribution in [3.8, 4) is 5.75 Å². The topological polar surface area (TPSA) is 38.7 Å². The third-order valence-electron chi connectivity index (χ3n) is 4.25. The van der Waals surface area contributed by atoms with E-state index in [0.29, 0.717) is 37.9 Å². The number of isocyanates is 1. The summed E-state index contributed by atoms with van der Waals surface area (Å²) in [5.74, 6) is -0.997. The Labute approximate surface area is 115 Å². The molecule has 1 aromatic carbocycles. The van der Waals surface area contributed by atoms with Gasteiger partial charge in [0.05, 0.1) is 12.2 Å². The fourth-order valence-corrected chi connectivity index (χ4v) is 3.35. The Kier molecular flexibility index (Phi) is 3.30. The number of halogens is 2. The second-order valence-electron chi connectivity index (χ2n) is 5.42. The molecular weight excluding hydrogens is 264 g/mol. The monoisotopic (exact) mass is 279 g/mol. The molecule has 0 amide bonds. The van der Waals surface area contributed by atoms with Gasteiger partial charge in [0.15, 0.2) is 0 Å². The summed E-state index contributed by atoms with van der Waals surface area (Å²) in [6.07, 6.45) is 5.64. The minimum absolute atomic E-state index is 0.245. The lowest BCUT2D eigenvalue weighted by Crippen LogP contribution is -2.25. The predicted molar refractivity (Wildman–Crippen MR) is 68.4 cm³/mol. The lowest BCUT2D eigenvalue weighted by atomic mass is 9.85. The molecule has 5 heteroatoms. The van der Waals surface area contributed by atoms with Gasteiger partial charge in [0.2, 0.25) is 6.08 Å². The van der Waals surface area contributed by atoms with Crippen LogP contribution in [0.15, 0.2) is 11.1 Å². The van der Waals surface area contributed by atoms with Crippen molar-refractivity contribution in [1.82, 2.24) is 0 Å². The van der Waals surface area contributed by atoms with Crippen LogP contribution in [-0.2, 0) is 16.8 Å². The van der Waals surface area contributed by atoms with Crippen LogP contribution in [0.1, 0.15) is 43.2 Å². The highest BCUT2D eigenvalue weighted by Gasteiger charge is 2.42. The van der Waals surface area contributed by atoms with Crippen LogP contribution in [0.2, 0.25) is 0 Å². The van der Waals surface area contributed by atoms with Crippen molar-refractivity contribution < 1.29 is 18.3 Å². The quantitative estimate of drug-likeness (QED) is 0.615. The Hall–Kier alpha value is -1.74. The molecule has 0 spiro atoms. The Morgan fingerprint density at radius 3 is 2.65 bits per heavy atom. The lowest BCUT2D eigenvalue weighted by Gasteiger charge is -2.29. The molecule has 0 N–H and O–H groups in total. The zero-order valence-corrected chi connectivity index (χ0v) is 11.0. The number of nitrogens with zero attached hydrogens (tertiary/aromatic N) is 1. The van der Waals surface area contributed by atoms with Gasteiger partial charge < -0.3 is 4.74 Å². The number of hydrogen-bond acceptors (Lipinski definition) is 3. The number of hydrogen-bond donors (Lipinski definition) is 0. The Morgan fingerprint density at radius 1 is 1.20 bits per heavy atom. The second kappa shape index (κ2) is 4.98. The molecule has 0 aromatic heterocycles. The summed E-state index contributed by atoms with van der Waals surface area (Å²) in [6, 6.07) is 0.892. The minimum atomic E-state index is -0.930. The number of rotatable bonds is 2. The first-order chi connectivity index (χ1) is 9.68. The number of carbonyl (C=O) groups excluding carboxylic acids is 1. The van der Waals surface area contributed by atoms with Crippen molar-refractivity contribution in [3.05, 3.63) is 28.8 Å². The molecular formula is C15H15F2NO2. The number of fused-ring (bicyclic) bond motifs is 1. The largest absolute Gasteiger partial charge is 0.493 e. The van der Waals surface area contributed by atoms with Crippen molar-refractivity contribution in [3.63, 3.8) is 0 Å². The zero-order chi connectivity index (χ0) is 14.2. The normalized spacial score (nSPS) is 19.9. The molecule has 1 aromatic rings. The summed E-state index contributed by atoms with van der Waals surface area (Å²) < 4.78 is 33.8. The van der Waals surface area contributed by atoms with Crippen molar-refractivity contribution >= 4 is 6.08 Å². The molecule has 0 unspecified atom stereocenters. The molecule has 0 saturated heterocycles. The smallest absolute Gasteiger partial charge is 0.235 e. The van der Waals surface area contributed by atoms with Gasteiger partial charge in [-0.3, -0.25) is 0 Å². The lowest BCUT2D eigenvalue weighted by molar-refractivity contribution is 0.267. The van der Waals surface area contributed by atoms with Crippen LogP contribution in [0.4, 0.5) is 8.78 Å². The summed E-state index contributed by atoms with van der Waals surface area (Å²) in [5, 5.41) is 0. The molecule has 2 aliphatic rings. The molecule has 106 valence electrons. The van der Waals surface area contributed by atoms with Crippen molar-refractivity contribution in [2.24, 2.45) is 4.99 Å². The highest BCUT2D eigenvalue weighted by molar-refractivity contribution is 5.50. The summed E-state index contributed by atoms with van der Waals surface area (Å²) in [4.78, 5) is 14.6. The average Bonchev–Trinajstić information content (AvgIpc) is 2.88. The van der Waals surface area contributed by atoms with Crippen molar-refractivity contribution in [2.45, 2.75) is 44.1 Å². The summed E-state index contributed by atoms with van der Waals surface area (Å²) in [6.45, 7) is 0.434. The highest BCUT2D eigenvalue weighted by Crippen LogP contribution is 2.49. The molecule has 1 fully saturated rings. The van der Waals surface area contributed by atoms with E-state index < -0.39 is 17.2 Å². The van der Waals surface area contributed by atoms with E-state index in [1.54, 1.807) is 6.08 Å². The van der Waals surface area contributed by atoms with Gasteiger partial charge in [0.25, 0.3) is 0 Å². The average molecular weight is 279 g/mol. The Balaban J connectivity index is 2.24. The first-order valence-corrected chi connectivity index (χ1v) is 6.91. The zero-order valence-electron chi connectivity index (χ0n) is 11.0. The van der Waals surface area contributed by atoms with Crippen LogP contribution < -0.4 is 4.74 Å². The fourth-order valence-electron chi connectivity index (χ4n) is 3.35. The second-order valence-corrected chi connectivity index (χ2v) is 5.42. The highest BCUT2D eigenvalue weighted by atomic mass is 19.1. The number of benzene rings is 1. The SMILES string of the molecule is O=C=NC1(c2c(F)cc(F)c3c2OCCC3)CCCC1. The van der Waals surface area contributed by atoms with Gasteiger partial charge in [-0.25, -0.2) is 13.6 Å². The molecule has 0 radical (unpaired) electrons. The number of aliphatic imine (C=N–C) groups is 1. The first-order valence-electron chi connectivity index (χ1n) is 6.91. The summed E-state index contributed by atoms with van der Waals surface area (Å²) in [7, 11) is 0. The molecule has 3 rings (SSSR count). The Bertz CT molecular complexity index is 588. The predicted octanol–water partition coefficient (Wildman–Crippen LogP) is 3.39. The van der Waals surface area contributed by atoms with Gasteiger partial charge in [-0.1, -0.05) is 12.8 Å². The van der Waals surface area contributed by atoms with Gasteiger partial charge in [-0.15, -0.1) is 0 Å². The van der Waals surface area contributed by atoms with Gasteiger partial charge in [0.1, 0.15) is 22.9 Å². The van der Waals surface area contributed by atoms with Crippen molar-refractivity contribution in [2.75, 3.05) is 6.61 Å². The van der Waals surface area contributed by atoms with E-state index in [1.165, 1.54) is 0 Å². The maximum Gasteiger partial charge on any atom is 0.235 e. The minimum Gasteiger partial charge on any atom is -0.493 e. The van der Waals surface area contributed by atoms with Gasteiger partial charge >= 0.3 is 0 Å². The summed E-state index contributed by atoms with van der Waals surface area (Å²) >= 11 is 0. The van der Waals surface area contributed by atoms with Crippen LogP contribution >= 0.6 is 0 Å².